The summed E-state index contributed by atoms with van der Waals surface area (Å²) in [5, 5.41) is 0. The van der Waals surface area contributed by atoms with Crippen LogP contribution in [0.1, 0.15) is 51.6 Å². The van der Waals surface area contributed by atoms with E-state index in [1.807, 2.05) is 17.0 Å². The highest BCUT2D eigenvalue weighted by Crippen LogP contribution is 2.24. The van der Waals surface area contributed by atoms with Crippen molar-refractivity contribution in [2.75, 3.05) is 37.7 Å². The van der Waals surface area contributed by atoms with Gasteiger partial charge >= 0.3 is 5.97 Å². The van der Waals surface area contributed by atoms with Gasteiger partial charge in [0.15, 0.2) is 12.4 Å². The molecule has 1 aliphatic carbocycles. The normalized spacial score (nSPS) is 15.8. The van der Waals surface area contributed by atoms with Gasteiger partial charge in [-0.15, -0.1) is 0 Å². The summed E-state index contributed by atoms with van der Waals surface area (Å²) in [5.41, 5.74) is 3.71. The molecule has 7 heteroatoms. The number of piperazine rings is 1. The average Bonchev–Trinajstić information content (AvgIpc) is 2.82. The molecule has 32 heavy (non-hydrogen) atoms. The summed E-state index contributed by atoms with van der Waals surface area (Å²) in [5.74, 6) is -1.38. The lowest BCUT2D eigenvalue weighted by Crippen LogP contribution is -2.50. The van der Waals surface area contributed by atoms with Crippen LogP contribution in [0.3, 0.4) is 0 Å². The van der Waals surface area contributed by atoms with Crippen LogP contribution in [-0.2, 0) is 22.4 Å². The number of benzene rings is 2. The molecule has 2 aliphatic rings. The Bertz CT molecular complexity index is 1040. The Hall–Kier alpha value is -3.22. The first-order valence-corrected chi connectivity index (χ1v) is 11.0. The molecule has 168 valence electrons. The fourth-order valence-electron chi connectivity index (χ4n) is 4.34. The van der Waals surface area contributed by atoms with Gasteiger partial charge in [0.2, 0.25) is 0 Å². The molecule has 1 fully saturated rings. The first kappa shape index (κ1) is 22.0. The third kappa shape index (κ3) is 4.82. The van der Waals surface area contributed by atoms with E-state index in [9.17, 15) is 18.8 Å². The fraction of sp³-hybridized carbons (Fsp3) is 0.400. The van der Waals surface area contributed by atoms with Crippen LogP contribution in [0.4, 0.5) is 10.1 Å². The number of amides is 1. The third-order valence-corrected chi connectivity index (χ3v) is 6.24. The molecular weight excluding hydrogens is 411 g/mol. The van der Waals surface area contributed by atoms with E-state index in [4.69, 9.17) is 4.74 Å². The minimum atomic E-state index is -0.488. The summed E-state index contributed by atoms with van der Waals surface area (Å²) < 4.78 is 19.7. The van der Waals surface area contributed by atoms with Crippen LogP contribution in [0.2, 0.25) is 0 Å². The van der Waals surface area contributed by atoms with Crippen LogP contribution in [0.5, 0.6) is 0 Å². The molecule has 0 saturated carbocycles. The monoisotopic (exact) mass is 438 g/mol. The minimum Gasteiger partial charge on any atom is -0.452 e. The first-order chi connectivity index (χ1) is 15.4. The number of halogens is 1. The number of rotatable bonds is 5. The van der Waals surface area contributed by atoms with Gasteiger partial charge in [0, 0.05) is 31.7 Å². The Morgan fingerprint density at radius 2 is 1.59 bits per heavy atom. The lowest BCUT2D eigenvalue weighted by molar-refractivity contribution is -0.134. The second kappa shape index (κ2) is 9.51. The van der Waals surface area contributed by atoms with E-state index in [-0.39, 0.29) is 18.3 Å². The van der Waals surface area contributed by atoms with E-state index in [0.29, 0.717) is 43.0 Å². The van der Waals surface area contributed by atoms with Crippen molar-refractivity contribution < 1.29 is 23.5 Å². The molecule has 1 aliphatic heterocycles. The van der Waals surface area contributed by atoms with Crippen molar-refractivity contribution in [1.29, 1.82) is 0 Å². The highest BCUT2D eigenvalue weighted by atomic mass is 19.1. The van der Waals surface area contributed by atoms with Crippen molar-refractivity contribution in [2.24, 2.45) is 0 Å². The maximum atomic E-state index is 14.4. The summed E-state index contributed by atoms with van der Waals surface area (Å²) >= 11 is 0. The summed E-state index contributed by atoms with van der Waals surface area (Å²) in [4.78, 5) is 39.8. The summed E-state index contributed by atoms with van der Waals surface area (Å²) in [6.07, 6.45) is 4.31. The van der Waals surface area contributed by atoms with Crippen LogP contribution < -0.4 is 4.90 Å². The topological polar surface area (TPSA) is 66.9 Å². The molecule has 1 heterocycles. The van der Waals surface area contributed by atoms with Gasteiger partial charge in [-0.25, -0.2) is 9.18 Å². The van der Waals surface area contributed by atoms with Crippen molar-refractivity contribution in [1.82, 2.24) is 4.90 Å². The van der Waals surface area contributed by atoms with Gasteiger partial charge in [-0.3, -0.25) is 9.59 Å². The van der Waals surface area contributed by atoms with Gasteiger partial charge in [-0.1, -0.05) is 6.07 Å². The number of hydrogen-bond donors (Lipinski definition) is 0. The predicted octanol–water partition coefficient (Wildman–Crippen LogP) is 3.41. The maximum absolute atomic E-state index is 14.4. The molecule has 0 atom stereocenters. The van der Waals surface area contributed by atoms with Crippen molar-refractivity contribution in [2.45, 2.75) is 32.6 Å². The second-order valence-corrected chi connectivity index (χ2v) is 8.36. The standard InChI is InChI=1S/C25H27FN2O4/c1-17(29)19-8-9-23(22(26)15-19)27-10-12-28(13-11-27)24(30)16-32-25(31)21-7-6-18-4-2-3-5-20(18)14-21/h6-9,14-15H,2-5,10-13,16H2,1H3. The molecule has 2 aromatic carbocycles. The molecule has 0 N–H and O–H groups in total. The Labute approximate surface area is 187 Å². The van der Waals surface area contributed by atoms with Gasteiger partial charge in [-0.05, 0) is 74.1 Å². The number of esters is 1. The van der Waals surface area contributed by atoms with Crippen molar-refractivity contribution >= 4 is 23.3 Å². The van der Waals surface area contributed by atoms with Crippen LogP contribution >= 0.6 is 0 Å². The zero-order valence-electron chi connectivity index (χ0n) is 18.2. The van der Waals surface area contributed by atoms with Crippen LogP contribution in [0.15, 0.2) is 36.4 Å². The number of fused-ring (bicyclic) bond motifs is 1. The Morgan fingerprint density at radius 3 is 2.28 bits per heavy atom. The van der Waals surface area contributed by atoms with E-state index in [1.54, 1.807) is 23.1 Å². The van der Waals surface area contributed by atoms with Gasteiger partial charge in [0.05, 0.1) is 11.3 Å². The molecule has 1 saturated heterocycles. The highest BCUT2D eigenvalue weighted by Gasteiger charge is 2.24. The lowest BCUT2D eigenvalue weighted by Gasteiger charge is -2.36. The molecule has 0 spiro atoms. The number of aryl methyl sites for hydroxylation is 2. The fourth-order valence-corrected chi connectivity index (χ4v) is 4.34. The summed E-state index contributed by atoms with van der Waals surface area (Å²) in [7, 11) is 0. The zero-order chi connectivity index (χ0) is 22.7. The van der Waals surface area contributed by atoms with Crippen LogP contribution in [0, 0.1) is 5.82 Å². The largest absolute Gasteiger partial charge is 0.452 e. The van der Waals surface area contributed by atoms with Crippen molar-refractivity contribution in [3.8, 4) is 0 Å². The van der Waals surface area contributed by atoms with E-state index in [0.717, 1.165) is 19.3 Å². The SMILES string of the molecule is CC(=O)c1ccc(N2CCN(C(=O)COC(=O)c3ccc4c(c3)CCCC4)CC2)c(F)c1. The molecular formula is C25H27FN2O4. The molecule has 0 radical (unpaired) electrons. The molecule has 0 unspecified atom stereocenters. The van der Waals surface area contributed by atoms with E-state index >= 15 is 0 Å². The second-order valence-electron chi connectivity index (χ2n) is 8.36. The van der Waals surface area contributed by atoms with E-state index in [2.05, 4.69) is 0 Å². The number of hydrogen-bond acceptors (Lipinski definition) is 5. The van der Waals surface area contributed by atoms with Crippen LogP contribution in [-0.4, -0.2) is 55.3 Å². The zero-order valence-corrected chi connectivity index (χ0v) is 18.2. The van der Waals surface area contributed by atoms with Gasteiger partial charge < -0.3 is 14.5 Å². The van der Waals surface area contributed by atoms with Gasteiger partial charge in [0.25, 0.3) is 5.91 Å². The third-order valence-electron chi connectivity index (χ3n) is 6.24. The number of ketones is 1. The molecule has 6 nitrogen and oxygen atoms in total. The first-order valence-electron chi connectivity index (χ1n) is 11.0. The average molecular weight is 438 g/mol. The molecule has 2 aromatic rings. The van der Waals surface area contributed by atoms with Crippen LogP contribution in [0.25, 0.3) is 0 Å². The molecule has 0 bridgehead atoms. The van der Waals surface area contributed by atoms with E-state index < -0.39 is 11.8 Å². The number of carbonyl (C=O) groups excluding carboxylic acids is 3. The smallest absolute Gasteiger partial charge is 0.338 e. The molecule has 4 rings (SSSR count). The van der Waals surface area contributed by atoms with Crippen molar-refractivity contribution in [3.63, 3.8) is 0 Å². The number of ether oxygens (including phenoxy) is 1. The number of nitrogens with zero attached hydrogens (tertiary/aromatic N) is 2. The number of carbonyl (C=O) groups is 3. The van der Waals surface area contributed by atoms with Gasteiger partial charge in [0.1, 0.15) is 5.82 Å². The summed E-state index contributed by atoms with van der Waals surface area (Å²) in [6.45, 7) is 2.82. The van der Waals surface area contributed by atoms with Gasteiger partial charge in [-0.2, -0.15) is 0 Å². The predicted molar refractivity (Wildman–Crippen MR) is 119 cm³/mol. The molecule has 1 amide bonds. The number of Topliss-reactive ketones (excluding diaryl/α,β-unsaturated/α-hetero) is 1. The minimum absolute atomic E-state index is 0.184. The maximum Gasteiger partial charge on any atom is 0.338 e. The highest BCUT2D eigenvalue weighted by molar-refractivity contribution is 5.94. The van der Waals surface area contributed by atoms with Crippen molar-refractivity contribution in [3.05, 3.63) is 64.5 Å². The molecule has 0 aromatic heterocycles. The number of anilines is 1. The van der Waals surface area contributed by atoms with E-state index in [1.165, 1.54) is 30.5 Å². The Balaban J connectivity index is 1.28. The quantitative estimate of drug-likeness (QED) is 0.529. The lowest BCUT2D eigenvalue weighted by atomic mass is 9.90. The Kier molecular flexibility index (Phi) is 6.53. The Morgan fingerprint density at radius 1 is 0.906 bits per heavy atom. The summed E-state index contributed by atoms with van der Waals surface area (Å²) in [6, 6.07) is 10.1.